The van der Waals surface area contributed by atoms with Crippen LogP contribution >= 0.6 is 0 Å². The Morgan fingerprint density at radius 2 is 1.84 bits per heavy atom. The van der Waals surface area contributed by atoms with E-state index in [1.54, 1.807) is 24.3 Å². The van der Waals surface area contributed by atoms with Gasteiger partial charge in [0.1, 0.15) is 11.4 Å². The highest BCUT2D eigenvalue weighted by atomic mass is 32.2. The number of nitrogens with zero attached hydrogens (tertiary/aromatic N) is 2. The second-order valence-corrected chi connectivity index (χ2v) is 10.6. The molecule has 31 heavy (non-hydrogen) atoms. The number of para-hydroxylation sites is 1. The van der Waals surface area contributed by atoms with Gasteiger partial charge >= 0.3 is 0 Å². The van der Waals surface area contributed by atoms with Crippen molar-refractivity contribution in [1.82, 2.24) is 14.9 Å². The molecule has 1 heterocycles. The molecule has 0 amide bonds. The van der Waals surface area contributed by atoms with Crippen LogP contribution in [0, 0.1) is 0 Å². The van der Waals surface area contributed by atoms with Crippen LogP contribution in [-0.4, -0.2) is 44.9 Å². The predicted molar refractivity (Wildman–Crippen MR) is 124 cm³/mol. The minimum atomic E-state index is -3.43. The molecule has 1 unspecified atom stereocenters. The van der Waals surface area contributed by atoms with E-state index >= 15 is 0 Å². The lowest BCUT2D eigenvalue weighted by Crippen LogP contribution is -2.45. The van der Waals surface area contributed by atoms with E-state index in [2.05, 4.69) is 30.5 Å². The Hall–Kier alpha value is -2.58. The van der Waals surface area contributed by atoms with Crippen molar-refractivity contribution < 1.29 is 13.2 Å². The van der Waals surface area contributed by atoms with Gasteiger partial charge in [-0.15, -0.1) is 0 Å². The van der Waals surface area contributed by atoms with Crippen LogP contribution in [0.2, 0.25) is 0 Å². The highest BCUT2D eigenvalue weighted by Gasteiger charge is 2.33. The largest absolute Gasteiger partial charge is 0.487 e. The summed E-state index contributed by atoms with van der Waals surface area (Å²) in [5, 5.41) is 6.85. The highest BCUT2D eigenvalue weighted by molar-refractivity contribution is 7.89. The van der Waals surface area contributed by atoms with Crippen LogP contribution in [0.5, 0.6) is 5.75 Å². The van der Waals surface area contributed by atoms with Gasteiger partial charge in [-0.25, -0.2) is 17.7 Å². The summed E-state index contributed by atoms with van der Waals surface area (Å²) in [6.45, 7) is 7.38. The molecule has 0 bridgehead atoms. The van der Waals surface area contributed by atoms with Gasteiger partial charge in [0.25, 0.3) is 0 Å². The molecule has 2 aromatic carbocycles. The summed E-state index contributed by atoms with van der Waals surface area (Å²) in [4.78, 5) is 4.99. The topological polar surface area (TPSA) is 83.0 Å². The van der Waals surface area contributed by atoms with Crippen LogP contribution in [0.25, 0.3) is 0 Å². The average molecular weight is 445 g/mol. The van der Waals surface area contributed by atoms with Crippen LogP contribution in [0.4, 0.5) is 0 Å². The fourth-order valence-electron chi connectivity index (χ4n) is 3.56. The van der Waals surface area contributed by atoms with Gasteiger partial charge in [0.05, 0.1) is 17.5 Å². The first-order chi connectivity index (χ1) is 14.6. The average Bonchev–Trinajstić information content (AvgIpc) is 2.71. The van der Waals surface area contributed by atoms with Crippen molar-refractivity contribution in [2.75, 3.05) is 20.6 Å². The van der Waals surface area contributed by atoms with Gasteiger partial charge in [-0.2, -0.15) is 0 Å². The number of hydrogen-bond acceptors (Lipinski definition) is 4. The Bertz CT molecular complexity index is 1030. The van der Waals surface area contributed by atoms with Crippen molar-refractivity contribution in [3.63, 3.8) is 0 Å². The van der Waals surface area contributed by atoms with Gasteiger partial charge in [-0.1, -0.05) is 30.3 Å². The van der Waals surface area contributed by atoms with Crippen molar-refractivity contribution in [1.29, 1.82) is 0 Å². The summed E-state index contributed by atoms with van der Waals surface area (Å²) in [5.74, 6) is 1.61. The lowest BCUT2D eigenvalue weighted by atomic mass is 9.90. The number of hydrogen-bond donors (Lipinski definition) is 2. The molecule has 0 fully saturated rings. The Labute approximate surface area is 185 Å². The zero-order chi connectivity index (χ0) is 22.6. The maximum atomic E-state index is 12.2. The molecule has 0 aliphatic carbocycles. The van der Waals surface area contributed by atoms with Crippen molar-refractivity contribution in [3.8, 4) is 5.75 Å². The molecule has 1 aliphatic rings. The third-order valence-corrected chi connectivity index (χ3v) is 6.98. The fraction of sp³-hybridized carbons (Fsp3) is 0.435. The minimum Gasteiger partial charge on any atom is -0.487 e. The van der Waals surface area contributed by atoms with Gasteiger partial charge in [-0.05, 0) is 44.5 Å². The first-order valence-electron chi connectivity index (χ1n) is 10.5. The lowest BCUT2D eigenvalue weighted by Gasteiger charge is -2.38. The third kappa shape index (κ3) is 5.57. The Morgan fingerprint density at radius 3 is 2.48 bits per heavy atom. The molecular formula is C23H32N4O3S. The van der Waals surface area contributed by atoms with Crippen LogP contribution in [-0.2, 0) is 16.6 Å². The van der Waals surface area contributed by atoms with Gasteiger partial charge in [0.2, 0.25) is 10.0 Å². The SMILES string of the molecule is CCNC(=NCc1ccc(S(=O)(=O)N(C)C)cc1)NC1CC(C)(C)Oc2ccccc21. The molecular weight excluding hydrogens is 412 g/mol. The molecule has 7 nitrogen and oxygen atoms in total. The Balaban J connectivity index is 1.77. The van der Waals surface area contributed by atoms with E-state index in [0.29, 0.717) is 12.5 Å². The quantitative estimate of drug-likeness (QED) is 0.528. The van der Waals surface area contributed by atoms with Crippen molar-refractivity contribution in [3.05, 3.63) is 59.7 Å². The van der Waals surface area contributed by atoms with E-state index in [-0.39, 0.29) is 16.5 Å². The number of sulfonamides is 1. The molecule has 1 atom stereocenters. The summed E-state index contributed by atoms with van der Waals surface area (Å²) in [6.07, 6.45) is 0.811. The minimum absolute atomic E-state index is 0.0744. The van der Waals surface area contributed by atoms with Crippen molar-refractivity contribution >= 4 is 16.0 Å². The monoisotopic (exact) mass is 444 g/mol. The molecule has 1 aliphatic heterocycles. The van der Waals surface area contributed by atoms with E-state index in [1.807, 2.05) is 25.1 Å². The molecule has 2 N–H and O–H groups in total. The molecule has 0 aromatic heterocycles. The normalized spacial score (nSPS) is 18.3. The number of rotatable bonds is 6. The Kier molecular flexibility index (Phi) is 6.91. The van der Waals surface area contributed by atoms with Gasteiger partial charge < -0.3 is 15.4 Å². The van der Waals surface area contributed by atoms with E-state index in [4.69, 9.17) is 9.73 Å². The number of nitrogens with one attached hydrogen (secondary N) is 2. The zero-order valence-electron chi connectivity index (χ0n) is 18.8. The summed E-state index contributed by atoms with van der Waals surface area (Å²) in [6, 6.07) is 15.0. The molecule has 2 aromatic rings. The molecule has 3 rings (SSSR count). The second kappa shape index (κ2) is 9.28. The predicted octanol–water partition coefficient (Wildman–Crippen LogP) is 3.29. The second-order valence-electron chi connectivity index (χ2n) is 8.43. The highest BCUT2D eigenvalue weighted by Crippen LogP contribution is 2.39. The summed E-state index contributed by atoms with van der Waals surface area (Å²) in [7, 11) is -0.380. The molecule has 0 spiro atoms. The van der Waals surface area contributed by atoms with Gasteiger partial charge in [-0.3, -0.25) is 0 Å². The molecule has 0 saturated heterocycles. The first kappa shape index (κ1) is 23.1. The van der Waals surface area contributed by atoms with Crippen molar-refractivity contribution in [2.45, 2.75) is 50.3 Å². The number of fused-ring (bicyclic) bond motifs is 1. The van der Waals surface area contributed by atoms with Crippen LogP contribution < -0.4 is 15.4 Å². The van der Waals surface area contributed by atoms with Gasteiger partial charge in [0, 0.05) is 32.6 Å². The third-order valence-electron chi connectivity index (χ3n) is 5.15. The van der Waals surface area contributed by atoms with Crippen LogP contribution in [0.15, 0.2) is 58.4 Å². The summed E-state index contributed by atoms with van der Waals surface area (Å²) < 4.78 is 31.8. The number of benzene rings is 2. The standard InChI is InChI=1S/C23H32N4O3S/c1-6-24-22(25-16-17-11-13-18(14-12-17)31(28,29)27(4)5)26-20-15-23(2,3)30-21-10-8-7-9-19(20)21/h7-14,20H,6,15-16H2,1-5H3,(H2,24,25,26). The van der Waals surface area contributed by atoms with Crippen LogP contribution in [0.3, 0.4) is 0 Å². The van der Waals surface area contributed by atoms with E-state index in [9.17, 15) is 8.42 Å². The van der Waals surface area contributed by atoms with E-state index < -0.39 is 10.0 Å². The number of aliphatic imine (C=N–C) groups is 1. The molecule has 8 heteroatoms. The number of guanidine groups is 1. The van der Waals surface area contributed by atoms with Crippen LogP contribution in [0.1, 0.15) is 44.4 Å². The Morgan fingerprint density at radius 1 is 1.16 bits per heavy atom. The lowest BCUT2D eigenvalue weighted by molar-refractivity contribution is 0.0694. The zero-order valence-corrected chi connectivity index (χ0v) is 19.7. The summed E-state index contributed by atoms with van der Waals surface area (Å²) >= 11 is 0. The number of ether oxygens (including phenoxy) is 1. The summed E-state index contributed by atoms with van der Waals surface area (Å²) in [5.41, 5.74) is 1.77. The maximum absolute atomic E-state index is 12.2. The maximum Gasteiger partial charge on any atom is 0.242 e. The first-order valence-corrected chi connectivity index (χ1v) is 11.9. The molecule has 168 valence electrons. The van der Waals surface area contributed by atoms with Crippen molar-refractivity contribution in [2.24, 2.45) is 4.99 Å². The molecule has 0 saturated carbocycles. The van der Waals surface area contributed by atoms with E-state index in [0.717, 1.165) is 29.8 Å². The smallest absolute Gasteiger partial charge is 0.242 e. The van der Waals surface area contributed by atoms with E-state index in [1.165, 1.54) is 18.4 Å². The molecule has 0 radical (unpaired) electrons. The fourth-order valence-corrected chi connectivity index (χ4v) is 4.47. The van der Waals surface area contributed by atoms with Gasteiger partial charge in [0.15, 0.2) is 5.96 Å².